The smallest absolute Gasteiger partial charge is 0.260 e. The number of carbonyl (C=O) groups is 2. The number of aldehydes is 1. The minimum Gasteiger partial charge on any atom is -0.483 e. The Kier molecular flexibility index (Phi) is 6.80. The Balaban J connectivity index is 1.88. The normalized spacial score (nSPS) is 15.5. The van der Waals surface area contributed by atoms with Crippen molar-refractivity contribution in [3.05, 3.63) is 40.3 Å². The molecule has 1 amide bonds. The number of sulfonamides is 1. The molecule has 1 aromatic rings. The number of piperidine rings is 1. The Morgan fingerprint density at radius 2 is 2.08 bits per heavy atom. The molecule has 0 atom stereocenters. The van der Waals surface area contributed by atoms with E-state index in [2.05, 4.69) is 11.3 Å². The predicted molar refractivity (Wildman–Crippen MR) is 98.9 cm³/mol. The largest absolute Gasteiger partial charge is 0.483 e. The maximum Gasteiger partial charge on any atom is 0.260 e. The first-order chi connectivity index (χ1) is 12.3. The van der Waals surface area contributed by atoms with Gasteiger partial charge in [-0.25, -0.2) is 13.1 Å². The van der Waals surface area contributed by atoms with Crippen molar-refractivity contribution in [2.45, 2.75) is 25.8 Å². The van der Waals surface area contributed by atoms with Crippen LogP contribution in [0.5, 0.6) is 5.75 Å². The molecular weight excluding hydrogens is 380 g/mol. The predicted octanol–water partition coefficient (Wildman–Crippen LogP) is 1.89. The van der Waals surface area contributed by atoms with E-state index in [9.17, 15) is 18.0 Å². The molecule has 1 saturated heterocycles. The van der Waals surface area contributed by atoms with E-state index in [1.165, 1.54) is 6.07 Å². The number of aryl methyl sites for hydroxylation is 1. The van der Waals surface area contributed by atoms with Gasteiger partial charge < -0.3 is 9.64 Å². The van der Waals surface area contributed by atoms with Gasteiger partial charge in [-0.15, -0.1) is 0 Å². The summed E-state index contributed by atoms with van der Waals surface area (Å²) in [4.78, 5) is 24.9. The van der Waals surface area contributed by atoms with Crippen LogP contribution in [0.3, 0.4) is 0 Å². The minimum absolute atomic E-state index is 0.163. The molecule has 1 aliphatic rings. The van der Waals surface area contributed by atoms with Crippen molar-refractivity contribution in [2.24, 2.45) is 0 Å². The first-order valence-corrected chi connectivity index (χ1v) is 9.99. The summed E-state index contributed by atoms with van der Waals surface area (Å²) in [7, 11) is -3.47. The monoisotopic (exact) mass is 400 g/mol. The van der Waals surface area contributed by atoms with Gasteiger partial charge in [-0.2, -0.15) is 0 Å². The fourth-order valence-corrected chi connectivity index (χ4v) is 3.73. The lowest BCUT2D eigenvalue weighted by atomic mass is 10.1. The highest BCUT2D eigenvalue weighted by Crippen LogP contribution is 2.25. The van der Waals surface area contributed by atoms with Crippen molar-refractivity contribution in [1.82, 2.24) is 9.62 Å². The van der Waals surface area contributed by atoms with Crippen LogP contribution in [-0.2, 0) is 14.8 Å². The van der Waals surface area contributed by atoms with E-state index in [0.717, 1.165) is 11.0 Å². The molecule has 0 saturated carbocycles. The number of benzene rings is 1. The van der Waals surface area contributed by atoms with Crippen LogP contribution in [0.4, 0.5) is 0 Å². The molecule has 2 rings (SSSR count). The lowest BCUT2D eigenvalue weighted by Gasteiger charge is -2.32. The summed E-state index contributed by atoms with van der Waals surface area (Å²) in [6.45, 7) is 5.74. The maximum atomic E-state index is 12.3. The van der Waals surface area contributed by atoms with Crippen LogP contribution in [0.2, 0.25) is 5.02 Å². The Labute approximate surface area is 158 Å². The summed E-state index contributed by atoms with van der Waals surface area (Å²) in [5.74, 6) is 0.232. The Morgan fingerprint density at radius 3 is 2.65 bits per heavy atom. The summed E-state index contributed by atoms with van der Waals surface area (Å²) < 4.78 is 31.0. The average Bonchev–Trinajstić information content (AvgIpc) is 2.61. The number of nitrogens with zero attached hydrogens (tertiary/aromatic N) is 1. The number of rotatable bonds is 7. The van der Waals surface area contributed by atoms with E-state index >= 15 is 0 Å². The average molecular weight is 401 g/mol. The molecule has 9 heteroatoms. The second kappa shape index (κ2) is 8.66. The molecule has 0 unspecified atom stereocenters. The van der Waals surface area contributed by atoms with Gasteiger partial charge >= 0.3 is 0 Å². The van der Waals surface area contributed by atoms with Gasteiger partial charge in [0.15, 0.2) is 12.9 Å². The highest BCUT2D eigenvalue weighted by molar-refractivity contribution is 7.92. The second-order valence-electron chi connectivity index (χ2n) is 6.03. The number of ether oxygens (including phenoxy) is 1. The number of likely N-dealkylation sites (tertiary alicyclic amines) is 1. The van der Waals surface area contributed by atoms with Crippen LogP contribution in [0.1, 0.15) is 28.8 Å². The summed E-state index contributed by atoms with van der Waals surface area (Å²) in [5.41, 5.74) is 1.03. The molecule has 0 aromatic heterocycles. The number of nitrogens with one attached hydrogen (secondary N) is 1. The maximum absolute atomic E-state index is 12.3. The molecule has 0 aliphatic carbocycles. The van der Waals surface area contributed by atoms with E-state index in [-0.39, 0.29) is 18.6 Å². The zero-order chi connectivity index (χ0) is 19.3. The highest BCUT2D eigenvalue weighted by Gasteiger charge is 2.25. The molecule has 1 aromatic carbocycles. The molecule has 1 N–H and O–H groups in total. The topological polar surface area (TPSA) is 92.8 Å². The van der Waals surface area contributed by atoms with Crippen molar-refractivity contribution in [1.29, 1.82) is 0 Å². The minimum atomic E-state index is -3.47. The standard InChI is InChI=1S/C17H21ClN2O5S/c1-3-26(23,24)19-14-4-6-20(7-5-14)17(22)11-25-16-9-13(10-21)15(18)8-12(16)2/h3,8-10,14,19H,1,4-7,11H2,2H3. The Morgan fingerprint density at radius 1 is 1.42 bits per heavy atom. The number of hydrogen-bond donors (Lipinski definition) is 1. The molecule has 142 valence electrons. The van der Waals surface area contributed by atoms with Gasteiger partial charge in [0.25, 0.3) is 5.91 Å². The van der Waals surface area contributed by atoms with Gasteiger partial charge in [-0.3, -0.25) is 9.59 Å². The quantitative estimate of drug-likeness (QED) is 0.705. The summed E-state index contributed by atoms with van der Waals surface area (Å²) in [6, 6.07) is 2.91. The molecular formula is C17H21ClN2O5S. The van der Waals surface area contributed by atoms with Crippen molar-refractivity contribution in [3.8, 4) is 5.75 Å². The highest BCUT2D eigenvalue weighted by atomic mass is 35.5. The number of hydrogen-bond acceptors (Lipinski definition) is 5. The fourth-order valence-electron chi connectivity index (χ4n) is 2.67. The number of amides is 1. The fraction of sp³-hybridized carbons (Fsp3) is 0.412. The molecule has 26 heavy (non-hydrogen) atoms. The molecule has 0 bridgehead atoms. The molecule has 1 fully saturated rings. The van der Waals surface area contributed by atoms with Crippen molar-refractivity contribution in [3.63, 3.8) is 0 Å². The third-order valence-corrected chi connectivity index (χ3v) is 5.60. The first-order valence-electron chi connectivity index (χ1n) is 8.06. The van der Waals surface area contributed by atoms with E-state index in [1.807, 2.05) is 0 Å². The Bertz CT molecular complexity index is 802. The SMILES string of the molecule is C=CS(=O)(=O)NC1CCN(C(=O)COc2cc(C=O)c(Cl)cc2C)CC1. The molecule has 1 heterocycles. The third-order valence-electron chi connectivity index (χ3n) is 4.17. The van der Waals surface area contributed by atoms with E-state index in [4.69, 9.17) is 16.3 Å². The first kappa shape index (κ1) is 20.4. The van der Waals surface area contributed by atoms with Crippen molar-refractivity contribution < 1.29 is 22.7 Å². The van der Waals surface area contributed by atoms with Gasteiger partial charge in [0.05, 0.1) is 5.02 Å². The van der Waals surface area contributed by atoms with Crippen LogP contribution in [0.25, 0.3) is 0 Å². The van der Waals surface area contributed by atoms with E-state index in [1.54, 1.807) is 17.9 Å². The van der Waals surface area contributed by atoms with E-state index in [0.29, 0.717) is 48.6 Å². The molecule has 0 radical (unpaired) electrons. The van der Waals surface area contributed by atoms with Crippen LogP contribution in [0.15, 0.2) is 24.1 Å². The van der Waals surface area contributed by atoms with Crippen LogP contribution >= 0.6 is 11.6 Å². The van der Waals surface area contributed by atoms with Crippen LogP contribution < -0.4 is 9.46 Å². The molecule has 0 spiro atoms. The van der Waals surface area contributed by atoms with Crippen LogP contribution in [0, 0.1) is 6.92 Å². The van der Waals surface area contributed by atoms with Gasteiger partial charge in [-0.1, -0.05) is 18.2 Å². The third kappa shape index (κ3) is 5.30. The number of carbonyl (C=O) groups excluding carboxylic acids is 2. The van der Waals surface area contributed by atoms with Crippen molar-refractivity contribution >= 4 is 33.8 Å². The van der Waals surface area contributed by atoms with E-state index < -0.39 is 10.0 Å². The van der Waals surface area contributed by atoms with Gasteiger partial charge in [0.2, 0.25) is 10.0 Å². The summed E-state index contributed by atoms with van der Waals surface area (Å²) >= 11 is 5.94. The lowest BCUT2D eigenvalue weighted by molar-refractivity contribution is -0.134. The summed E-state index contributed by atoms with van der Waals surface area (Å²) in [6.07, 6.45) is 1.67. The Hall–Kier alpha value is -1.90. The zero-order valence-electron chi connectivity index (χ0n) is 14.4. The van der Waals surface area contributed by atoms with Crippen LogP contribution in [-0.4, -0.2) is 51.2 Å². The molecule has 1 aliphatic heterocycles. The molecule has 7 nitrogen and oxygen atoms in total. The van der Waals surface area contributed by atoms with Crippen molar-refractivity contribution in [2.75, 3.05) is 19.7 Å². The zero-order valence-corrected chi connectivity index (χ0v) is 16.0. The lowest BCUT2D eigenvalue weighted by Crippen LogP contribution is -2.47. The van der Waals surface area contributed by atoms with Gasteiger partial charge in [0.1, 0.15) is 5.75 Å². The second-order valence-corrected chi connectivity index (χ2v) is 8.10. The van der Waals surface area contributed by atoms with Gasteiger partial charge in [0, 0.05) is 30.1 Å². The number of halogens is 1. The summed E-state index contributed by atoms with van der Waals surface area (Å²) in [5, 5.41) is 1.21. The van der Waals surface area contributed by atoms with Gasteiger partial charge in [-0.05, 0) is 37.5 Å².